The average molecular weight is 288 g/mol. The third-order valence-corrected chi connectivity index (χ3v) is 3.18. The van der Waals surface area contributed by atoms with Crippen LogP contribution in [0.25, 0.3) is 12.2 Å². The van der Waals surface area contributed by atoms with Crippen molar-refractivity contribution >= 4 is 24.1 Å². The lowest BCUT2D eigenvalue weighted by atomic mass is 10.2. The minimum absolute atomic E-state index is 0.803. The van der Waals surface area contributed by atoms with Gasteiger partial charge in [0.2, 0.25) is 0 Å². The van der Waals surface area contributed by atoms with E-state index in [1.165, 1.54) is 5.56 Å². The van der Waals surface area contributed by atoms with E-state index in [0.717, 1.165) is 17.0 Å². The number of para-hydroxylation sites is 2. The molecule has 0 saturated carbocycles. The molecular formula is C19H16N2O. The first-order chi connectivity index (χ1) is 10.9. The van der Waals surface area contributed by atoms with Crippen LogP contribution < -0.4 is 10.2 Å². The first kappa shape index (κ1) is 13.9. The molecule has 4 rings (SSSR count). The number of nitrogens with one attached hydrogen (secondary N) is 1. The van der Waals surface area contributed by atoms with Crippen molar-refractivity contribution in [1.82, 2.24) is 0 Å². The third kappa shape index (κ3) is 3.52. The van der Waals surface area contributed by atoms with Gasteiger partial charge in [-0.2, -0.15) is 0 Å². The standard InChI is InChI=1S/C10H9N.C9H7NO/c1-2-7-10-9(5-1)6-3-4-8-11-10;1-2-6-9-8(4-1)5-3-7-10-11-9/h1-8,11H;1-7H. The van der Waals surface area contributed by atoms with Gasteiger partial charge < -0.3 is 10.2 Å². The molecule has 2 aliphatic rings. The van der Waals surface area contributed by atoms with Crippen LogP contribution in [0.15, 0.2) is 78.1 Å². The summed E-state index contributed by atoms with van der Waals surface area (Å²) >= 11 is 0. The highest BCUT2D eigenvalue weighted by molar-refractivity contribution is 5.80. The number of nitrogens with zero attached hydrogens (tertiary/aromatic N) is 1. The van der Waals surface area contributed by atoms with Gasteiger partial charge in [0.15, 0.2) is 5.75 Å². The number of fused-ring (bicyclic) bond motifs is 2. The lowest BCUT2D eigenvalue weighted by Gasteiger charge is -2.01. The molecule has 0 unspecified atom stereocenters. The normalized spacial score (nSPS) is 13.5. The van der Waals surface area contributed by atoms with Crippen LogP contribution >= 0.6 is 0 Å². The quantitative estimate of drug-likeness (QED) is 0.761. The summed E-state index contributed by atoms with van der Waals surface area (Å²) in [6.45, 7) is 0. The molecule has 0 amide bonds. The number of oxime groups is 1. The Labute approximate surface area is 129 Å². The average Bonchev–Trinajstić information content (AvgIpc) is 2.95. The Bertz CT molecular complexity index is 692. The lowest BCUT2D eigenvalue weighted by Crippen LogP contribution is -1.87. The Morgan fingerprint density at radius 3 is 2.50 bits per heavy atom. The van der Waals surface area contributed by atoms with Gasteiger partial charge in [-0.05, 0) is 35.9 Å². The first-order valence-electron chi connectivity index (χ1n) is 7.08. The molecule has 2 heterocycles. The molecule has 3 heteroatoms. The van der Waals surface area contributed by atoms with Gasteiger partial charge in [0.05, 0.1) is 6.21 Å². The Morgan fingerprint density at radius 2 is 1.55 bits per heavy atom. The summed E-state index contributed by atoms with van der Waals surface area (Å²) in [5.74, 6) is 0.803. The van der Waals surface area contributed by atoms with E-state index in [2.05, 4.69) is 28.7 Å². The summed E-state index contributed by atoms with van der Waals surface area (Å²) in [4.78, 5) is 5.06. The van der Waals surface area contributed by atoms with E-state index in [9.17, 15) is 0 Å². The third-order valence-electron chi connectivity index (χ3n) is 3.18. The van der Waals surface area contributed by atoms with E-state index < -0.39 is 0 Å². The van der Waals surface area contributed by atoms with Gasteiger partial charge in [-0.1, -0.05) is 53.7 Å². The van der Waals surface area contributed by atoms with Gasteiger partial charge in [-0.3, -0.25) is 0 Å². The summed E-state index contributed by atoms with van der Waals surface area (Å²) in [7, 11) is 0. The molecule has 1 N–H and O–H groups in total. The smallest absolute Gasteiger partial charge is 0.165 e. The van der Waals surface area contributed by atoms with Crippen LogP contribution in [0.1, 0.15) is 11.1 Å². The monoisotopic (exact) mass is 288 g/mol. The molecule has 0 radical (unpaired) electrons. The predicted molar refractivity (Wildman–Crippen MR) is 92.8 cm³/mol. The summed E-state index contributed by atoms with van der Waals surface area (Å²) in [6, 6.07) is 16.0. The predicted octanol–water partition coefficient (Wildman–Crippen LogP) is 4.72. The molecule has 108 valence electrons. The minimum Gasteiger partial charge on any atom is -0.361 e. The van der Waals surface area contributed by atoms with E-state index in [-0.39, 0.29) is 0 Å². The fourth-order valence-corrected chi connectivity index (χ4v) is 2.10. The Balaban J connectivity index is 0.000000131. The number of benzene rings is 2. The number of allylic oxidation sites excluding steroid dienone is 3. The number of hydrogen-bond acceptors (Lipinski definition) is 3. The summed E-state index contributed by atoms with van der Waals surface area (Å²) in [5, 5.41) is 6.88. The van der Waals surface area contributed by atoms with Crippen molar-refractivity contribution in [3.05, 3.63) is 84.1 Å². The Kier molecular flexibility index (Phi) is 4.47. The Hall–Kier alpha value is -3.07. The molecule has 2 aliphatic heterocycles. The molecule has 0 atom stereocenters. The molecule has 0 aliphatic carbocycles. The molecule has 0 aromatic heterocycles. The van der Waals surface area contributed by atoms with E-state index in [1.54, 1.807) is 6.21 Å². The van der Waals surface area contributed by atoms with Gasteiger partial charge >= 0.3 is 0 Å². The Morgan fingerprint density at radius 1 is 0.773 bits per heavy atom. The zero-order valence-electron chi connectivity index (χ0n) is 12.0. The molecule has 2 aromatic rings. The second kappa shape index (κ2) is 7.09. The van der Waals surface area contributed by atoms with Crippen LogP contribution in [0.4, 0.5) is 5.69 Å². The molecule has 0 spiro atoms. The van der Waals surface area contributed by atoms with Crippen LogP contribution in [0.3, 0.4) is 0 Å². The number of rotatable bonds is 0. The highest BCUT2D eigenvalue weighted by atomic mass is 16.6. The van der Waals surface area contributed by atoms with Crippen molar-refractivity contribution in [3.63, 3.8) is 0 Å². The van der Waals surface area contributed by atoms with Crippen molar-refractivity contribution < 1.29 is 4.84 Å². The van der Waals surface area contributed by atoms with Gasteiger partial charge in [-0.15, -0.1) is 0 Å². The molecule has 0 saturated heterocycles. The van der Waals surface area contributed by atoms with E-state index >= 15 is 0 Å². The lowest BCUT2D eigenvalue weighted by molar-refractivity contribution is 0.344. The van der Waals surface area contributed by atoms with E-state index in [1.807, 2.05) is 66.9 Å². The first-order valence-corrected chi connectivity index (χ1v) is 7.08. The molecular weight excluding hydrogens is 272 g/mol. The van der Waals surface area contributed by atoms with Crippen LogP contribution in [0, 0.1) is 0 Å². The largest absolute Gasteiger partial charge is 0.361 e. The highest BCUT2D eigenvalue weighted by Gasteiger charge is 1.99. The second-order valence-corrected chi connectivity index (χ2v) is 4.69. The van der Waals surface area contributed by atoms with Crippen molar-refractivity contribution in [2.45, 2.75) is 0 Å². The summed E-state index contributed by atoms with van der Waals surface area (Å²) in [5.41, 5.74) is 3.46. The van der Waals surface area contributed by atoms with Gasteiger partial charge in [-0.25, -0.2) is 0 Å². The zero-order chi connectivity index (χ0) is 15.0. The summed E-state index contributed by atoms with van der Waals surface area (Å²) in [6.07, 6.45) is 13.5. The molecule has 0 fully saturated rings. The molecule has 22 heavy (non-hydrogen) atoms. The van der Waals surface area contributed by atoms with Crippen LogP contribution in [-0.4, -0.2) is 6.21 Å². The zero-order valence-corrected chi connectivity index (χ0v) is 12.0. The number of anilines is 1. The van der Waals surface area contributed by atoms with E-state index in [0.29, 0.717) is 0 Å². The highest BCUT2D eigenvalue weighted by Crippen LogP contribution is 2.20. The van der Waals surface area contributed by atoms with E-state index in [4.69, 9.17) is 4.84 Å². The van der Waals surface area contributed by atoms with Gasteiger partial charge in [0, 0.05) is 17.5 Å². The van der Waals surface area contributed by atoms with Crippen molar-refractivity contribution in [1.29, 1.82) is 0 Å². The maximum absolute atomic E-state index is 5.06. The second-order valence-electron chi connectivity index (χ2n) is 4.69. The van der Waals surface area contributed by atoms with Crippen LogP contribution in [-0.2, 0) is 0 Å². The van der Waals surface area contributed by atoms with Crippen molar-refractivity contribution in [3.8, 4) is 5.75 Å². The maximum atomic E-state index is 5.06. The van der Waals surface area contributed by atoms with Crippen LogP contribution in [0.2, 0.25) is 0 Å². The van der Waals surface area contributed by atoms with Crippen molar-refractivity contribution in [2.24, 2.45) is 5.16 Å². The fourth-order valence-electron chi connectivity index (χ4n) is 2.10. The minimum atomic E-state index is 0.803. The van der Waals surface area contributed by atoms with Crippen molar-refractivity contribution in [2.75, 3.05) is 5.32 Å². The topological polar surface area (TPSA) is 33.6 Å². The van der Waals surface area contributed by atoms with Crippen LogP contribution in [0.5, 0.6) is 5.75 Å². The maximum Gasteiger partial charge on any atom is 0.165 e. The fraction of sp³-hybridized carbons (Fsp3) is 0. The SMILES string of the molecule is C1=CNc2ccccc2C=C1.C1=Cc2ccccc2ON=C1. The van der Waals surface area contributed by atoms with Gasteiger partial charge in [0.25, 0.3) is 0 Å². The molecule has 0 bridgehead atoms. The van der Waals surface area contributed by atoms with Gasteiger partial charge in [0.1, 0.15) is 0 Å². The molecule has 2 aromatic carbocycles. The number of hydrogen-bond donors (Lipinski definition) is 1. The summed E-state index contributed by atoms with van der Waals surface area (Å²) < 4.78 is 0. The molecule has 3 nitrogen and oxygen atoms in total.